The quantitative estimate of drug-likeness (QED) is 0.758. The fourth-order valence-corrected chi connectivity index (χ4v) is 3.22. The van der Waals surface area contributed by atoms with Crippen molar-refractivity contribution >= 4 is 5.69 Å². The van der Waals surface area contributed by atoms with Crippen molar-refractivity contribution in [3.63, 3.8) is 0 Å². The zero-order valence-corrected chi connectivity index (χ0v) is 12.0. The summed E-state index contributed by atoms with van der Waals surface area (Å²) < 4.78 is 0. The molecule has 0 aromatic heterocycles. The number of anilines is 1. The number of hydrogen-bond acceptors (Lipinski definition) is 4. The van der Waals surface area contributed by atoms with Gasteiger partial charge in [-0.05, 0) is 42.7 Å². The average molecular weight is 284 g/mol. The molecule has 3 rings (SSSR count). The number of phenolic OH excluding ortho intramolecular Hbond substituents is 2. The zero-order valence-electron chi connectivity index (χ0n) is 12.0. The second-order valence-electron chi connectivity index (χ2n) is 5.59. The molecule has 2 unspecified atom stereocenters. The van der Waals surface area contributed by atoms with Crippen molar-refractivity contribution in [2.45, 2.75) is 25.4 Å². The van der Waals surface area contributed by atoms with E-state index < -0.39 is 0 Å². The predicted octanol–water partition coefficient (Wildman–Crippen LogP) is 2.55. The maximum atomic E-state index is 9.74. The van der Waals surface area contributed by atoms with Crippen LogP contribution in [0, 0.1) is 0 Å². The van der Waals surface area contributed by atoms with Crippen LogP contribution in [0.1, 0.15) is 24.1 Å². The first kappa shape index (κ1) is 13.8. The molecule has 2 atom stereocenters. The Hall–Kier alpha value is -2.20. The van der Waals surface area contributed by atoms with Crippen LogP contribution in [0.3, 0.4) is 0 Å². The lowest BCUT2D eigenvalue weighted by molar-refractivity contribution is 0.402. The second kappa shape index (κ2) is 5.30. The van der Waals surface area contributed by atoms with Gasteiger partial charge in [-0.1, -0.05) is 24.3 Å². The molecule has 0 radical (unpaired) electrons. The Morgan fingerprint density at radius 1 is 1.19 bits per heavy atom. The minimum atomic E-state index is -0.107. The van der Waals surface area contributed by atoms with Crippen molar-refractivity contribution in [2.24, 2.45) is 5.73 Å². The van der Waals surface area contributed by atoms with Crippen molar-refractivity contribution < 1.29 is 10.2 Å². The van der Waals surface area contributed by atoms with Crippen molar-refractivity contribution in [2.75, 3.05) is 11.4 Å². The summed E-state index contributed by atoms with van der Waals surface area (Å²) in [4.78, 5) is 2.31. The highest BCUT2D eigenvalue weighted by Gasteiger charge is 2.31. The lowest BCUT2D eigenvalue weighted by Gasteiger charge is -2.34. The average Bonchev–Trinajstić information content (AvgIpc) is 2.80. The Labute approximate surface area is 124 Å². The molecule has 2 aromatic carbocycles. The molecule has 0 spiro atoms. The minimum absolute atomic E-state index is 0.0184. The van der Waals surface area contributed by atoms with Gasteiger partial charge in [-0.2, -0.15) is 0 Å². The summed E-state index contributed by atoms with van der Waals surface area (Å²) >= 11 is 0. The molecular formula is C17H20N2O2. The standard InChI is InChI=1S/C17H20N2O2/c1-11-8-12-4-2-3-5-14(12)19(11)15(10-18)13-6-7-16(20)17(21)9-13/h2-7,9,11,15,20-21H,8,10,18H2,1H3. The second-order valence-corrected chi connectivity index (χ2v) is 5.59. The highest BCUT2D eigenvalue weighted by atomic mass is 16.3. The summed E-state index contributed by atoms with van der Waals surface area (Å²) in [6.07, 6.45) is 0.997. The van der Waals surface area contributed by atoms with Crippen LogP contribution in [0.2, 0.25) is 0 Å². The zero-order chi connectivity index (χ0) is 15.0. The van der Waals surface area contributed by atoms with E-state index in [0.29, 0.717) is 12.6 Å². The molecule has 4 nitrogen and oxygen atoms in total. The predicted molar refractivity (Wildman–Crippen MR) is 83.7 cm³/mol. The first-order valence-corrected chi connectivity index (χ1v) is 7.20. The van der Waals surface area contributed by atoms with Crippen molar-refractivity contribution in [1.29, 1.82) is 0 Å². The van der Waals surface area contributed by atoms with E-state index >= 15 is 0 Å². The summed E-state index contributed by atoms with van der Waals surface area (Å²) in [5, 5.41) is 19.2. The molecule has 1 aliphatic heterocycles. The van der Waals surface area contributed by atoms with Gasteiger partial charge >= 0.3 is 0 Å². The van der Waals surface area contributed by atoms with E-state index in [4.69, 9.17) is 5.73 Å². The fourth-order valence-electron chi connectivity index (χ4n) is 3.22. The topological polar surface area (TPSA) is 69.7 Å². The van der Waals surface area contributed by atoms with Gasteiger partial charge < -0.3 is 20.8 Å². The third-order valence-electron chi connectivity index (χ3n) is 4.20. The molecule has 21 heavy (non-hydrogen) atoms. The normalized spacial score (nSPS) is 18.6. The number of para-hydroxylation sites is 1. The molecule has 0 saturated carbocycles. The monoisotopic (exact) mass is 284 g/mol. The van der Waals surface area contributed by atoms with Gasteiger partial charge in [-0.25, -0.2) is 0 Å². The first-order valence-electron chi connectivity index (χ1n) is 7.20. The number of nitrogens with two attached hydrogens (primary N) is 1. The fraction of sp³-hybridized carbons (Fsp3) is 0.294. The molecule has 0 aliphatic carbocycles. The van der Waals surface area contributed by atoms with Crippen LogP contribution in [0.4, 0.5) is 5.69 Å². The summed E-state index contributed by atoms with van der Waals surface area (Å²) in [7, 11) is 0. The van der Waals surface area contributed by atoms with Gasteiger partial charge in [0.25, 0.3) is 0 Å². The maximum absolute atomic E-state index is 9.74. The van der Waals surface area contributed by atoms with Crippen LogP contribution in [0.25, 0.3) is 0 Å². The number of nitrogens with zero attached hydrogens (tertiary/aromatic N) is 1. The summed E-state index contributed by atoms with van der Waals surface area (Å²) in [6, 6.07) is 13.6. The van der Waals surface area contributed by atoms with E-state index in [2.05, 4.69) is 30.0 Å². The Kier molecular flexibility index (Phi) is 3.47. The number of phenols is 2. The maximum Gasteiger partial charge on any atom is 0.157 e. The number of benzene rings is 2. The SMILES string of the molecule is CC1Cc2ccccc2N1C(CN)c1ccc(O)c(O)c1. The number of fused-ring (bicyclic) bond motifs is 1. The molecule has 1 aliphatic rings. The van der Waals surface area contributed by atoms with Crippen molar-refractivity contribution in [3.8, 4) is 11.5 Å². The van der Waals surface area contributed by atoms with Gasteiger partial charge in [-0.15, -0.1) is 0 Å². The van der Waals surface area contributed by atoms with Crippen LogP contribution in [0.5, 0.6) is 11.5 Å². The largest absolute Gasteiger partial charge is 0.504 e. The van der Waals surface area contributed by atoms with E-state index in [0.717, 1.165) is 12.0 Å². The van der Waals surface area contributed by atoms with Gasteiger partial charge in [0.2, 0.25) is 0 Å². The molecule has 110 valence electrons. The van der Waals surface area contributed by atoms with Crippen LogP contribution < -0.4 is 10.6 Å². The van der Waals surface area contributed by atoms with E-state index in [9.17, 15) is 10.2 Å². The Morgan fingerprint density at radius 2 is 1.95 bits per heavy atom. The first-order chi connectivity index (χ1) is 10.1. The smallest absolute Gasteiger partial charge is 0.157 e. The molecule has 0 fully saturated rings. The number of hydrogen-bond donors (Lipinski definition) is 3. The van der Waals surface area contributed by atoms with Gasteiger partial charge in [-0.3, -0.25) is 0 Å². The highest BCUT2D eigenvalue weighted by molar-refractivity contribution is 5.61. The molecule has 2 aromatic rings. The van der Waals surface area contributed by atoms with Crippen molar-refractivity contribution in [3.05, 3.63) is 53.6 Å². The number of aromatic hydroxyl groups is 2. The third kappa shape index (κ3) is 2.32. The summed E-state index contributed by atoms with van der Waals surface area (Å²) in [5.74, 6) is -0.213. The lowest BCUT2D eigenvalue weighted by atomic mass is 10.0. The van der Waals surface area contributed by atoms with Crippen LogP contribution in [0.15, 0.2) is 42.5 Å². The molecule has 4 N–H and O–H groups in total. The van der Waals surface area contributed by atoms with E-state index in [-0.39, 0.29) is 17.5 Å². The lowest BCUT2D eigenvalue weighted by Crippen LogP contribution is -2.37. The molecule has 0 saturated heterocycles. The minimum Gasteiger partial charge on any atom is -0.504 e. The van der Waals surface area contributed by atoms with Crippen LogP contribution >= 0.6 is 0 Å². The summed E-state index contributed by atoms with van der Waals surface area (Å²) in [6.45, 7) is 2.63. The Morgan fingerprint density at radius 3 is 2.67 bits per heavy atom. The Bertz CT molecular complexity index is 657. The van der Waals surface area contributed by atoms with Gasteiger partial charge in [0.05, 0.1) is 6.04 Å². The van der Waals surface area contributed by atoms with E-state index in [1.54, 1.807) is 6.07 Å². The van der Waals surface area contributed by atoms with Gasteiger partial charge in [0.15, 0.2) is 11.5 Å². The molecule has 0 bridgehead atoms. The van der Waals surface area contributed by atoms with Crippen LogP contribution in [-0.2, 0) is 6.42 Å². The highest BCUT2D eigenvalue weighted by Crippen LogP contribution is 2.39. The molecule has 0 amide bonds. The molecular weight excluding hydrogens is 264 g/mol. The summed E-state index contributed by atoms with van der Waals surface area (Å²) in [5.41, 5.74) is 9.45. The third-order valence-corrected chi connectivity index (χ3v) is 4.20. The van der Waals surface area contributed by atoms with Gasteiger partial charge in [0.1, 0.15) is 0 Å². The Balaban J connectivity index is 2.02. The van der Waals surface area contributed by atoms with E-state index in [1.165, 1.54) is 17.3 Å². The van der Waals surface area contributed by atoms with E-state index in [1.807, 2.05) is 12.1 Å². The van der Waals surface area contributed by atoms with Crippen molar-refractivity contribution in [1.82, 2.24) is 0 Å². The molecule has 1 heterocycles. The number of rotatable bonds is 3. The molecule has 4 heteroatoms. The van der Waals surface area contributed by atoms with Gasteiger partial charge in [0, 0.05) is 18.3 Å². The van der Waals surface area contributed by atoms with Crippen LogP contribution in [-0.4, -0.2) is 22.8 Å².